The molecule has 1 aliphatic rings. The zero-order valence-corrected chi connectivity index (χ0v) is 15.9. The lowest BCUT2D eigenvalue weighted by Crippen LogP contribution is -2.43. The van der Waals surface area contributed by atoms with Crippen molar-refractivity contribution in [2.45, 2.75) is 18.9 Å². The number of aromatic nitrogens is 2. The van der Waals surface area contributed by atoms with E-state index in [0.717, 1.165) is 29.1 Å². The van der Waals surface area contributed by atoms with Gasteiger partial charge in [-0.1, -0.05) is 24.3 Å². The van der Waals surface area contributed by atoms with Gasteiger partial charge in [-0.05, 0) is 42.5 Å². The summed E-state index contributed by atoms with van der Waals surface area (Å²) in [5, 5.41) is 6.66. The molecule has 2 aromatic heterocycles. The maximum Gasteiger partial charge on any atom is 0.274 e. The minimum atomic E-state index is -0.0145. The van der Waals surface area contributed by atoms with Crippen LogP contribution in [-0.2, 0) is 0 Å². The topological polar surface area (TPSA) is 64.2 Å². The predicted molar refractivity (Wildman–Crippen MR) is 107 cm³/mol. The van der Waals surface area contributed by atoms with E-state index in [9.17, 15) is 4.79 Å². The first-order valence-corrected chi connectivity index (χ1v) is 9.34. The van der Waals surface area contributed by atoms with Gasteiger partial charge in [-0.2, -0.15) is 5.10 Å². The number of nitrogens with zero attached hydrogens (tertiary/aromatic N) is 3. The van der Waals surface area contributed by atoms with Gasteiger partial charge >= 0.3 is 0 Å². The minimum Gasteiger partial charge on any atom is -0.337 e. The maximum absolute atomic E-state index is 12.9. The van der Waals surface area contributed by atoms with Crippen molar-refractivity contribution >= 4 is 29.7 Å². The van der Waals surface area contributed by atoms with E-state index < -0.39 is 0 Å². The highest BCUT2D eigenvalue weighted by molar-refractivity contribution is 7.13. The number of likely N-dealkylation sites (tertiary alicyclic amines) is 1. The largest absolute Gasteiger partial charge is 0.337 e. The fourth-order valence-corrected chi connectivity index (χ4v) is 3.84. The number of piperidine rings is 1. The fourth-order valence-electron chi connectivity index (χ4n) is 3.12. The van der Waals surface area contributed by atoms with Gasteiger partial charge in [-0.25, -0.2) is 4.68 Å². The summed E-state index contributed by atoms with van der Waals surface area (Å²) < 4.78 is 1.86. The van der Waals surface area contributed by atoms with Crippen LogP contribution in [0.1, 0.15) is 23.3 Å². The van der Waals surface area contributed by atoms with Gasteiger partial charge in [-0.15, -0.1) is 23.7 Å². The molecule has 0 bridgehead atoms. The Labute approximate surface area is 162 Å². The van der Waals surface area contributed by atoms with Gasteiger partial charge in [0.1, 0.15) is 0 Å². The van der Waals surface area contributed by atoms with Crippen molar-refractivity contribution < 1.29 is 4.79 Å². The third-order valence-electron chi connectivity index (χ3n) is 4.53. The Morgan fingerprint density at radius 2 is 1.85 bits per heavy atom. The Hall–Kier alpha value is -2.15. The highest BCUT2D eigenvalue weighted by atomic mass is 35.5. The number of amides is 1. The van der Waals surface area contributed by atoms with E-state index in [1.807, 2.05) is 57.4 Å². The van der Waals surface area contributed by atoms with Gasteiger partial charge in [0.05, 0.1) is 16.3 Å². The first kappa shape index (κ1) is 18.6. The van der Waals surface area contributed by atoms with Gasteiger partial charge < -0.3 is 10.6 Å². The van der Waals surface area contributed by atoms with Crippen LogP contribution in [-0.4, -0.2) is 39.7 Å². The second-order valence-corrected chi connectivity index (χ2v) is 7.22. The summed E-state index contributed by atoms with van der Waals surface area (Å²) in [6.45, 7) is 1.40. The monoisotopic (exact) mass is 388 g/mol. The molecule has 3 heterocycles. The fraction of sp³-hybridized carbons (Fsp3) is 0.263. The normalized spacial score (nSPS) is 14.9. The summed E-state index contributed by atoms with van der Waals surface area (Å²) in [4.78, 5) is 15.8. The Kier molecular flexibility index (Phi) is 5.76. The van der Waals surface area contributed by atoms with Gasteiger partial charge in [0, 0.05) is 19.1 Å². The maximum atomic E-state index is 12.9. The zero-order valence-electron chi connectivity index (χ0n) is 14.2. The second kappa shape index (κ2) is 8.03. The Balaban J connectivity index is 0.00000196. The van der Waals surface area contributed by atoms with E-state index in [1.54, 1.807) is 11.3 Å². The van der Waals surface area contributed by atoms with Crippen LogP contribution in [0, 0.1) is 0 Å². The van der Waals surface area contributed by atoms with Crippen LogP contribution < -0.4 is 5.73 Å². The van der Waals surface area contributed by atoms with Crippen molar-refractivity contribution in [1.29, 1.82) is 0 Å². The molecule has 0 radical (unpaired) electrons. The Morgan fingerprint density at radius 1 is 1.12 bits per heavy atom. The summed E-state index contributed by atoms with van der Waals surface area (Å²) in [7, 11) is 0. The number of thiophene rings is 1. The van der Waals surface area contributed by atoms with Crippen molar-refractivity contribution in [3.63, 3.8) is 0 Å². The first-order valence-electron chi connectivity index (χ1n) is 8.46. The van der Waals surface area contributed by atoms with Gasteiger partial charge in [0.25, 0.3) is 5.91 Å². The number of benzene rings is 1. The zero-order chi connectivity index (χ0) is 17.2. The van der Waals surface area contributed by atoms with Crippen LogP contribution in [0.2, 0.25) is 0 Å². The number of nitrogens with two attached hydrogens (primary N) is 1. The molecule has 136 valence electrons. The molecule has 1 saturated heterocycles. The van der Waals surface area contributed by atoms with Crippen molar-refractivity contribution in [1.82, 2.24) is 14.7 Å². The quantitative estimate of drug-likeness (QED) is 0.745. The van der Waals surface area contributed by atoms with Crippen LogP contribution in [0.3, 0.4) is 0 Å². The molecule has 1 amide bonds. The van der Waals surface area contributed by atoms with Gasteiger partial charge in [0.2, 0.25) is 0 Å². The molecule has 0 atom stereocenters. The second-order valence-electron chi connectivity index (χ2n) is 6.27. The molecule has 3 aromatic rings. The third-order valence-corrected chi connectivity index (χ3v) is 5.42. The molecule has 2 N–H and O–H groups in total. The summed E-state index contributed by atoms with van der Waals surface area (Å²) in [5.41, 5.74) is 8.33. The van der Waals surface area contributed by atoms with Gasteiger partial charge in [0.15, 0.2) is 5.69 Å². The molecular formula is C19H21ClN4OS. The lowest BCUT2D eigenvalue weighted by atomic mass is 10.1. The first-order chi connectivity index (χ1) is 12.2. The minimum absolute atomic E-state index is 0. The van der Waals surface area contributed by atoms with Crippen LogP contribution in [0.5, 0.6) is 0 Å². The molecule has 0 saturated carbocycles. The predicted octanol–water partition coefficient (Wildman–Crippen LogP) is 3.59. The van der Waals surface area contributed by atoms with E-state index >= 15 is 0 Å². The summed E-state index contributed by atoms with van der Waals surface area (Å²) in [6.07, 6.45) is 1.70. The molecule has 5 nitrogen and oxygen atoms in total. The Morgan fingerprint density at radius 3 is 2.50 bits per heavy atom. The number of halogens is 1. The number of hydrogen-bond acceptors (Lipinski definition) is 4. The number of para-hydroxylation sites is 1. The molecule has 1 aromatic carbocycles. The summed E-state index contributed by atoms with van der Waals surface area (Å²) in [6, 6.07) is 16.1. The van der Waals surface area contributed by atoms with Gasteiger partial charge in [-0.3, -0.25) is 4.79 Å². The molecular weight excluding hydrogens is 368 g/mol. The lowest BCUT2D eigenvalue weighted by Gasteiger charge is -2.29. The molecule has 0 spiro atoms. The van der Waals surface area contributed by atoms with Crippen LogP contribution in [0.15, 0.2) is 53.9 Å². The van der Waals surface area contributed by atoms with Crippen molar-refractivity contribution in [3.8, 4) is 16.3 Å². The average Bonchev–Trinajstić information content (AvgIpc) is 3.32. The van der Waals surface area contributed by atoms with Crippen molar-refractivity contribution in [2.75, 3.05) is 13.1 Å². The summed E-state index contributed by atoms with van der Waals surface area (Å²) >= 11 is 1.64. The molecule has 26 heavy (non-hydrogen) atoms. The van der Waals surface area contributed by atoms with E-state index in [4.69, 9.17) is 5.73 Å². The lowest BCUT2D eigenvalue weighted by molar-refractivity contribution is 0.0708. The SMILES string of the molecule is Cl.NC1CCN(C(=O)c2cc(-c3cccs3)n(-c3ccccc3)n2)CC1. The molecule has 7 heteroatoms. The summed E-state index contributed by atoms with van der Waals surface area (Å²) in [5.74, 6) is -0.0145. The number of carbonyl (C=O) groups excluding carboxylic acids is 1. The Bertz CT molecular complexity index is 855. The van der Waals surface area contributed by atoms with Crippen LogP contribution >= 0.6 is 23.7 Å². The van der Waals surface area contributed by atoms with E-state index in [-0.39, 0.29) is 24.4 Å². The number of rotatable bonds is 3. The highest BCUT2D eigenvalue weighted by Crippen LogP contribution is 2.28. The van der Waals surface area contributed by atoms with Crippen molar-refractivity contribution in [2.24, 2.45) is 5.73 Å². The van der Waals surface area contributed by atoms with E-state index in [0.29, 0.717) is 18.8 Å². The van der Waals surface area contributed by atoms with Crippen molar-refractivity contribution in [3.05, 3.63) is 59.6 Å². The molecule has 4 rings (SSSR count). The molecule has 0 aliphatic carbocycles. The molecule has 1 fully saturated rings. The molecule has 0 unspecified atom stereocenters. The van der Waals surface area contributed by atoms with Crippen LogP contribution in [0.25, 0.3) is 16.3 Å². The third kappa shape index (κ3) is 3.67. The average molecular weight is 389 g/mol. The molecule has 1 aliphatic heterocycles. The number of carbonyl (C=O) groups is 1. The standard InChI is InChI=1S/C19H20N4OS.ClH/c20-14-8-10-22(11-9-14)19(24)16-13-17(18-7-4-12-25-18)23(21-16)15-5-2-1-3-6-15;/h1-7,12-14H,8-11,20H2;1H. The smallest absolute Gasteiger partial charge is 0.274 e. The van der Waals surface area contributed by atoms with Crippen LogP contribution in [0.4, 0.5) is 0 Å². The number of hydrogen-bond donors (Lipinski definition) is 1. The van der Waals surface area contributed by atoms with E-state index in [1.165, 1.54) is 0 Å². The highest BCUT2D eigenvalue weighted by Gasteiger charge is 2.25. The van der Waals surface area contributed by atoms with E-state index in [2.05, 4.69) is 11.2 Å².